The molecule has 0 N–H and O–H groups in total. The first kappa shape index (κ1) is 20.4. The number of benzene rings is 1. The molecular formula is C16H15Cl2F3N2O3. The van der Waals surface area contributed by atoms with Crippen LogP contribution in [-0.2, 0) is 10.9 Å². The quantitative estimate of drug-likeness (QED) is 0.588. The maximum atomic E-state index is 12.8. The summed E-state index contributed by atoms with van der Waals surface area (Å²) in [7, 11) is 0. The molecule has 142 valence electrons. The second-order valence-corrected chi connectivity index (χ2v) is 6.31. The van der Waals surface area contributed by atoms with Crippen molar-refractivity contribution in [2.45, 2.75) is 33.0 Å². The highest BCUT2D eigenvalue weighted by Gasteiger charge is 2.32. The summed E-state index contributed by atoms with van der Waals surface area (Å²) in [6.45, 7) is 5.38. The molecular weight excluding hydrogens is 396 g/mol. The second kappa shape index (κ2) is 7.75. The molecule has 0 aliphatic carbocycles. The monoisotopic (exact) mass is 410 g/mol. The number of rotatable bonds is 5. The zero-order valence-corrected chi connectivity index (χ0v) is 15.5. The number of alkyl halides is 3. The van der Waals surface area contributed by atoms with Crippen LogP contribution in [0.4, 0.5) is 13.2 Å². The van der Waals surface area contributed by atoms with Crippen LogP contribution in [0, 0.1) is 0 Å². The summed E-state index contributed by atoms with van der Waals surface area (Å²) in [4.78, 5) is 11.8. The molecule has 0 fully saturated rings. The number of esters is 1. The van der Waals surface area contributed by atoms with Gasteiger partial charge in [0.05, 0.1) is 28.3 Å². The number of ether oxygens (including phenoxy) is 2. The lowest BCUT2D eigenvalue weighted by molar-refractivity contribution is -0.137. The van der Waals surface area contributed by atoms with E-state index in [1.54, 1.807) is 20.8 Å². The maximum absolute atomic E-state index is 12.8. The van der Waals surface area contributed by atoms with Crippen molar-refractivity contribution >= 4 is 29.2 Å². The van der Waals surface area contributed by atoms with Gasteiger partial charge in [0.25, 0.3) is 0 Å². The average Bonchev–Trinajstić information content (AvgIpc) is 2.94. The van der Waals surface area contributed by atoms with Crippen LogP contribution in [0.2, 0.25) is 10.0 Å². The Labute approximate surface area is 157 Å². The molecule has 5 nitrogen and oxygen atoms in total. The van der Waals surface area contributed by atoms with Crippen molar-refractivity contribution in [2.24, 2.45) is 0 Å². The first-order chi connectivity index (χ1) is 12.0. The van der Waals surface area contributed by atoms with Crippen LogP contribution in [0.1, 0.15) is 42.9 Å². The molecule has 0 radical (unpaired) electrons. The molecule has 0 aliphatic heterocycles. The van der Waals surface area contributed by atoms with Crippen LogP contribution in [0.15, 0.2) is 18.2 Å². The molecule has 1 aromatic carbocycles. The van der Waals surface area contributed by atoms with E-state index in [2.05, 4.69) is 5.10 Å². The number of nitrogens with zero attached hydrogens (tertiary/aromatic N) is 2. The molecule has 0 spiro atoms. The van der Waals surface area contributed by atoms with Crippen LogP contribution >= 0.6 is 23.2 Å². The van der Waals surface area contributed by atoms with E-state index < -0.39 is 17.7 Å². The molecule has 0 bridgehead atoms. The van der Waals surface area contributed by atoms with E-state index in [4.69, 9.17) is 32.7 Å². The van der Waals surface area contributed by atoms with Crippen molar-refractivity contribution in [2.75, 3.05) is 6.61 Å². The first-order valence-corrected chi connectivity index (χ1v) is 8.31. The van der Waals surface area contributed by atoms with Gasteiger partial charge in [0.1, 0.15) is 0 Å². The Morgan fingerprint density at radius 1 is 1.23 bits per heavy atom. The molecule has 0 saturated carbocycles. The normalized spacial score (nSPS) is 11.7. The van der Waals surface area contributed by atoms with Crippen molar-refractivity contribution < 1.29 is 27.4 Å². The molecule has 1 heterocycles. The van der Waals surface area contributed by atoms with Crippen molar-refractivity contribution in [1.82, 2.24) is 9.78 Å². The average molecular weight is 411 g/mol. The smallest absolute Gasteiger partial charge is 0.416 e. The van der Waals surface area contributed by atoms with E-state index in [-0.39, 0.29) is 40.0 Å². The standard InChI is InChI=1S/C16H15Cl2F3N2O3/c1-4-25-15(24)12-7-13(23(22-12)8(2)3)26-14-10(17)5-9(6-11(14)18)16(19,20)21/h5-8H,4H2,1-3H3. The number of aromatic nitrogens is 2. The van der Waals surface area contributed by atoms with Gasteiger partial charge in [-0.2, -0.15) is 18.3 Å². The van der Waals surface area contributed by atoms with Gasteiger partial charge in [-0.1, -0.05) is 23.2 Å². The lowest BCUT2D eigenvalue weighted by Crippen LogP contribution is -2.09. The van der Waals surface area contributed by atoms with Crippen LogP contribution < -0.4 is 4.74 Å². The third-order valence-electron chi connectivity index (χ3n) is 3.21. The Morgan fingerprint density at radius 2 is 1.81 bits per heavy atom. The highest BCUT2D eigenvalue weighted by molar-refractivity contribution is 6.37. The molecule has 26 heavy (non-hydrogen) atoms. The number of carbonyl (C=O) groups is 1. The molecule has 0 aliphatic rings. The minimum Gasteiger partial charge on any atom is -0.461 e. The zero-order valence-electron chi connectivity index (χ0n) is 14.0. The lowest BCUT2D eigenvalue weighted by atomic mass is 10.2. The van der Waals surface area contributed by atoms with E-state index in [9.17, 15) is 18.0 Å². The van der Waals surface area contributed by atoms with Gasteiger partial charge in [-0.25, -0.2) is 9.48 Å². The Bertz CT molecular complexity index is 797. The van der Waals surface area contributed by atoms with Gasteiger partial charge in [-0.3, -0.25) is 0 Å². The van der Waals surface area contributed by atoms with Crippen LogP contribution in [0.5, 0.6) is 11.6 Å². The molecule has 0 unspecified atom stereocenters. The summed E-state index contributed by atoms with van der Waals surface area (Å²) in [5, 5.41) is 3.45. The van der Waals surface area contributed by atoms with Gasteiger partial charge in [0, 0.05) is 6.07 Å². The second-order valence-electron chi connectivity index (χ2n) is 5.50. The highest BCUT2D eigenvalue weighted by atomic mass is 35.5. The number of carbonyl (C=O) groups excluding carboxylic acids is 1. The van der Waals surface area contributed by atoms with Gasteiger partial charge in [-0.05, 0) is 32.9 Å². The van der Waals surface area contributed by atoms with Gasteiger partial charge in [0.2, 0.25) is 5.88 Å². The van der Waals surface area contributed by atoms with E-state index in [1.807, 2.05) is 0 Å². The number of hydrogen-bond acceptors (Lipinski definition) is 4. The summed E-state index contributed by atoms with van der Waals surface area (Å²) >= 11 is 11.8. The Hall–Kier alpha value is -1.93. The molecule has 0 amide bonds. The number of hydrogen-bond donors (Lipinski definition) is 0. The van der Waals surface area contributed by atoms with Crippen LogP contribution in [0.25, 0.3) is 0 Å². The lowest BCUT2D eigenvalue weighted by Gasteiger charge is -2.15. The summed E-state index contributed by atoms with van der Waals surface area (Å²) in [5.74, 6) is -0.730. The van der Waals surface area contributed by atoms with Crippen molar-refractivity contribution in [1.29, 1.82) is 0 Å². The summed E-state index contributed by atoms with van der Waals surface area (Å²) in [6.07, 6.45) is -4.59. The topological polar surface area (TPSA) is 53.4 Å². The minimum atomic E-state index is -4.59. The first-order valence-electron chi connectivity index (χ1n) is 7.55. The summed E-state index contributed by atoms with van der Waals surface area (Å²) in [5.41, 5.74) is -1.00. The third kappa shape index (κ3) is 4.42. The molecule has 0 saturated heterocycles. The Balaban J connectivity index is 2.43. The Morgan fingerprint density at radius 3 is 2.27 bits per heavy atom. The summed E-state index contributed by atoms with van der Waals surface area (Å²) in [6, 6.07) is 2.53. The van der Waals surface area contributed by atoms with Crippen molar-refractivity contribution in [3.63, 3.8) is 0 Å². The highest BCUT2D eigenvalue weighted by Crippen LogP contribution is 2.42. The van der Waals surface area contributed by atoms with Gasteiger partial charge < -0.3 is 9.47 Å². The van der Waals surface area contributed by atoms with Crippen LogP contribution in [-0.4, -0.2) is 22.4 Å². The molecule has 10 heteroatoms. The van der Waals surface area contributed by atoms with E-state index in [1.165, 1.54) is 10.7 Å². The van der Waals surface area contributed by atoms with E-state index in [0.717, 1.165) is 0 Å². The van der Waals surface area contributed by atoms with Crippen LogP contribution in [0.3, 0.4) is 0 Å². The molecule has 0 atom stereocenters. The minimum absolute atomic E-state index is 0.00490. The SMILES string of the molecule is CCOC(=O)c1cc(Oc2c(Cl)cc(C(F)(F)F)cc2Cl)n(C(C)C)n1. The van der Waals surface area contributed by atoms with Gasteiger partial charge >= 0.3 is 12.1 Å². The molecule has 1 aromatic heterocycles. The largest absolute Gasteiger partial charge is 0.461 e. The van der Waals surface area contributed by atoms with Crippen molar-refractivity contribution in [3.8, 4) is 11.6 Å². The Kier molecular flexibility index (Phi) is 6.08. The maximum Gasteiger partial charge on any atom is 0.416 e. The fourth-order valence-electron chi connectivity index (χ4n) is 2.05. The molecule has 2 rings (SSSR count). The fraction of sp³-hybridized carbons (Fsp3) is 0.375. The summed E-state index contributed by atoms with van der Waals surface area (Å²) < 4.78 is 50.3. The third-order valence-corrected chi connectivity index (χ3v) is 3.77. The van der Waals surface area contributed by atoms with E-state index in [0.29, 0.717) is 12.1 Å². The number of halogens is 5. The molecule has 2 aromatic rings. The predicted molar refractivity (Wildman–Crippen MR) is 90.1 cm³/mol. The van der Waals surface area contributed by atoms with Gasteiger partial charge in [-0.15, -0.1) is 0 Å². The van der Waals surface area contributed by atoms with Crippen molar-refractivity contribution in [3.05, 3.63) is 39.5 Å². The zero-order chi connectivity index (χ0) is 19.6. The fourth-order valence-corrected chi connectivity index (χ4v) is 2.62. The predicted octanol–water partition coefficient (Wildman–Crippen LogP) is 5.76. The van der Waals surface area contributed by atoms with E-state index >= 15 is 0 Å². The van der Waals surface area contributed by atoms with Gasteiger partial charge in [0.15, 0.2) is 11.4 Å².